The Morgan fingerprint density at radius 3 is 2.36 bits per heavy atom. The second-order valence-electron chi connectivity index (χ2n) is 9.15. The number of halogens is 3. The van der Waals surface area contributed by atoms with Crippen molar-refractivity contribution in [1.29, 1.82) is 5.41 Å². The molecule has 44 heavy (non-hydrogen) atoms. The molecular formula is C28H31F3N4O6S3. The van der Waals surface area contributed by atoms with Crippen molar-refractivity contribution < 1.29 is 41.1 Å². The Kier molecular flexibility index (Phi) is 13.4. The molecule has 0 unspecified atom stereocenters. The molecule has 0 radical (unpaired) electrons. The van der Waals surface area contributed by atoms with Crippen LogP contribution >= 0.6 is 23.1 Å². The van der Waals surface area contributed by atoms with Gasteiger partial charge in [-0.15, -0.1) is 23.1 Å². The van der Waals surface area contributed by atoms with Crippen LogP contribution in [0.5, 0.6) is 0 Å². The Morgan fingerprint density at radius 2 is 1.77 bits per heavy atom. The number of aryl methyl sites for hydroxylation is 1. The van der Waals surface area contributed by atoms with Crippen molar-refractivity contribution in [3.05, 3.63) is 59.0 Å². The molecule has 0 aliphatic rings. The number of anilines is 1. The fraction of sp³-hybridized carbons (Fsp3) is 0.286. The van der Waals surface area contributed by atoms with Crippen LogP contribution in [0.2, 0.25) is 0 Å². The average molecular weight is 673 g/mol. The molecule has 238 valence electrons. The van der Waals surface area contributed by atoms with Crippen LogP contribution in [0.1, 0.15) is 36.1 Å². The zero-order valence-corrected chi connectivity index (χ0v) is 26.1. The number of sulfone groups is 1. The minimum atomic E-state index is -4.64. The average Bonchev–Trinajstić information content (AvgIpc) is 3.41. The number of alkyl halides is 3. The lowest BCUT2D eigenvalue weighted by atomic mass is 9.98. The summed E-state index contributed by atoms with van der Waals surface area (Å²) in [5, 5.41) is 22.0. The van der Waals surface area contributed by atoms with E-state index in [-0.39, 0.29) is 22.0 Å². The number of benzene rings is 2. The smallest absolute Gasteiger partial charge is 0.446 e. The number of carboxylic acids is 1. The van der Waals surface area contributed by atoms with E-state index in [1.165, 1.54) is 35.2 Å². The lowest BCUT2D eigenvalue weighted by Gasteiger charge is -2.16. The maximum absolute atomic E-state index is 13.6. The summed E-state index contributed by atoms with van der Waals surface area (Å²) in [5.41, 5.74) is 8.30. The van der Waals surface area contributed by atoms with Gasteiger partial charge in [0.2, 0.25) is 16.1 Å². The molecule has 3 rings (SSSR count). The van der Waals surface area contributed by atoms with Gasteiger partial charge in [-0.25, -0.2) is 13.2 Å². The van der Waals surface area contributed by atoms with Crippen LogP contribution in [0.4, 0.5) is 23.7 Å². The van der Waals surface area contributed by atoms with E-state index in [1.54, 1.807) is 36.6 Å². The molecule has 0 spiro atoms. The number of aliphatic carboxylic acids is 1. The lowest BCUT2D eigenvalue weighted by Crippen LogP contribution is -2.29. The fourth-order valence-electron chi connectivity index (χ4n) is 3.87. The summed E-state index contributed by atoms with van der Waals surface area (Å²) >= 11 is 2.45. The van der Waals surface area contributed by atoms with Gasteiger partial charge in [0.25, 0.3) is 0 Å². The van der Waals surface area contributed by atoms with Crippen molar-refractivity contribution in [2.45, 2.75) is 52.8 Å². The summed E-state index contributed by atoms with van der Waals surface area (Å²) in [5.74, 6) is -1.02. The zero-order valence-electron chi connectivity index (χ0n) is 23.7. The van der Waals surface area contributed by atoms with Crippen molar-refractivity contribution in [1.82, 2.24) is 5.32 Å². The number of carbonyl (C=O) groups excluding carboxylic acids is 2. The van der Waals surface area contributed by atoms with Crippen molar-refractivity contribution in [2.24, 2.45) is 5.73 Å². The van der Waals surface area contributed by atoms with Crippen LogP contribution in [0.3, 0.4) is 0 Å². The number of hydrogen-bond acceptors (Lipinski definition) is 8. The molecule has 0 aliphatic heterocycles. The molecule has 1 aromatic heterocycles. The van der Waals surface area contributed by atoms with Crippen molar-refractivity contribution in [3.63, 3.8) is 0 Å². The number of nitrogens with one attached hydrogen (secondary N) is 3. The predicted molar refractivity (Wildman–Crippen MR) is 164 cm³/mol. The third-order valence-electron chi connectivity index (χ3n) is 5.85. The number of urea groups is 1. The molecule has 16 heteroatoms. The quantitative estimate of drug-likeness (QED) is 0.0505. The van der Waals surface area contributed by atoms with Crippen LogP contribution in [0.15, 0.2) is 62.5 Å². The number of thiophene rings is 1. The number of unbranched alkanes of at least 4 members (excludes halogenated alkanes) is 2. The van der Waals surface area contributed by atoms with Crippen molar-refractivity contribution in [2.75, 3.05) is 18.1 Å². The van der Waals surface area contributed by atoms with E-state index in [1.807, 2.05) is 13.0 Å². The van der Waals surface area contributed by atoms with E-state index in [4.69, 9.17) is 21.0 Å². The molecule has 1 heterocycles. The maximum Gasteiger partial charge on any atom is 0.446 e. The number of amidine groups is 1. The largest absolute Gasteiger partial charge is 0.481 e. The number of rotatable bonds is 12. The predicted octanol–water partition coefficient (Wildman–Crippen LogP) is 6.08. The first-order valence-electron chi connectivity index (χ1n) is 12.9. The normalized spacial score (nSPS) is 11.2. The van der Waals surface area contributed by atoms with Crippen LogP contribution in [-0.2, 0) is 19.4 Å². The second kappa shape index (κ2) is 16.3. The number of carbonyl (C=O) groups is 3. The first-order chi connectivity index (χ1) is 20.6. The highest BCUT2D eigenvalue weighted by molar-refractivity contribution is 8.01. The molecule has 0 saturated carbocycles. The number of aldehydes is 1. The van der Waals surface area contributed by atoms with E-state index in [9.17, 15) is 31.2 Å². The number of nitrogen functional groups attached to an aromatic ring is 1. The van der Waals surface area contributed by atoms with Gasteiger partial charge in [-0.1, -0.05) is 30.7 Å². The zero-order chi connectivity index (χ0) is 33.1. The van der Waals surface area contributed by atoms with Gasteiger partial charge in [0, 0.05) is 18.5 Å². The van der Waals surface area contributed by atoms with E-state index in [0.717, 1.165) is 5.56 Å². The molecule has 0 saturated heterocycles. The Hall–Kier alpha value is -3.89. The number of carboxylic acid groups (broad SMARTS) is 1. The molecule has 0 bridgehead atoms. The first-order valence-corrected chi connectivity index (χ1v) is 16.4. The summed E-state index contributed by atoms with van der Waals surface area (Å²) in [4.78, 5) is 32.4. The summed E-state index contributed by atoms with van der Waals surface area (Å²) < 4.78 is 59.0. The van der Waals surface area contributed by atoms with Gasteiger partial charge in [0.1, 0.15) is 5.84 Å². The van der Waals surface area contributed by atoms with Crippen molar-refractivity contribution >= 4 is 62.7 Å². The molecule has 0 aliphatic carbocycles. The molecule has 0 atom stereocenters. The van der Waals surface area contributed by atoms with Gasteiger partial charge in [-0.2, -0.15) is 13.2 Å². The number of amides is 2. The third kappa shape index (κ3) is 10.7. The topological polar surface area (TPSA) is 180 Å². The van der Waals surface area contributed by atoms with Crippen molar-refractivity contribution in [3.8, 4) is 11.1 Å². The fourth-order valence-corrected chi connectivity index (χ4v) is 7.77. The highest BCUT2D eigenvalue weighted by atomic mass is 32.2. The highest BCUT2D eigenvalue weighted by Crippen LogP contribution is 2.38. The van der Waals surface area contributed by atoms with Crippen LogP contribution in [0.25, 0.3) is 11.1 Å². The van der Waals surface area contributed by atoms with Gasteiger partial charge in [-0.3, -0.25) is 15.0 Å². The van der Waals surface area contributed by atoms with E-state index < -0.39 is 34.3 Å². The molecule has 0 fully saturated rings. The molecule has 10 nitrogen and oxygen atoms in total. The molecule has 6 N–H and O–H groups in total. The summed E-state index contributed by atoms with van der Waals surface area (Å²) in [6.45, 7) is 2.28. The van der Waals surface area contributed by atoms with Gasteiger partial charge >= 0.3 is 18.2 Å². The van der Waals surface area contributed by atoms with Gasteiger partial charge in [0.15, 0.2) is 0 Å². The molecule has 2 amide bonds. The van der Waals surface area contributed by atoms with Gasteiger partial charge in [0.05, 0.1) is 24.6 Å². The monoisotopic (exact) mass is 672 g/mol. The number of thioether (sulfide) groups is 1. The van der Waals surface area contributed by atoms with E-state index in [2.05, 4.69) is 10.6 Å². The van der Waals surface area contributed by atoms with Crippen LogP contribution in [-0.4, -0.2) is 56.6 Å². The third-order valence-corrected chi connectivity index (χ3v) is 10.2. The summed E-state index contributed by atoms with van der Waals surface area (Å²) in [6.07, 6.45) is -1.91. The molecule has 2 aromatic carbocycles. The lowest BCUT2D eigenvalue weighted by molar-refractivity contribution is -0.156. The Balaban J connectivity index is 0.00000102. The Labute approximate surface area is 260 Å². The van der Waals surface area contributed by atoms with E-state index >= 15 is 0 Å². The van der Waals surface area contributed by atoms with Crippen LogP contribution < -0.4 is 16.4 Å². The second-order valence-corrected chi connectivity index (χ2v) is 13.2. The standard InChI is InChI=1S/C26H30N4O5S3.C2HF3O/c1-16-8-6-11-19(30-26(33)29-13-5-3-4-12-22(31)32)23(16)17-9-7-10-18(14-17)38(34,35)21-15-20(24(27)28)37-25(21)36-2;3-2(4,5)1-6/h6-11,14-15H,3-5,12-13H2,1-2H3,(H3,27,28)(H,31,32)(H2,29,30,33);1H. The Morgan fingerprint density at radius 1 is 1.11 bits per heavy atom. The van der Waals surface area contributed by atoms with Gasteiger partial charge < -0.3 is 21.5 Å². The molecule has 3 aromatic rings. The number of nitrogens with two attached hydrogens (primary N) is 1. The summed E-state index contributed by atoms with van der Waals surface area (Å²) in [6, 6.07) is 13.0. The minimum absolute atomic E-state index is 0.0956. The Bertz CT molecular complexity index is 1610. The first kappa shape index (κ1) is 36.3. The minimum Gasteiger partial charge on any atom is -0.481 e. The molecular weight excluding hydrogens is 642 g/mol. The number of hydrogen-bond donors (Lipinski definition) is 5. The van der Waals surface area contributed by atoms with E-state index in [0.29, 0.717) is 51.7 Å². The highest BCUT2D eigenvalue weighted by Gasteiger charge is 2.26. The van der Waals surface area contributed by atoms with Gasteiger partial charge in [-0.05, 0) is 61.4 Å². The van der Waals surface area contributed by atoms with Crippen LogP contribution in [0, 0.1) is 12.3 Å². The SMILES string of the molecule is CSc1sc(C(=N)N)cc1S(=O)(=O)c1cccc(-c2c(C)cccc2NC(=O)NCCCCCC(=O)O)c1.O=CC(F)(F)F. The summed E-state index contributed by atoms with van der Waals surface area (Å²) in [7, 11) is -3.90. The maximum atomic E-state index is 13.6.